The number of carbonyl (C=O) groups excluding carboxylic acids is 1. The van der Waals surface area contributed by atoms with Crippen molar-refractivity contribution in [3.8, 4) is 0 Å². The van der Waals surface area contributed by atoms with Crippen LogP contribution < -0.4 is 10.6 Å². The third-order valence-corrected chi connectivity index (χ3v) is 3.05. The van der Waals surface area contributed by atoms with Gasteiger partial charge in [-0.2, -0.15) is 0 Å². The molecular formula is C15H14Cl2N4O. The Morgan fingerprint density at radius 2 is 1.91 bits per heavy atom. The monoisotopic (exact) mass is 336 g/mol. The van der Waals surface area contributed by atoms with Gasteiger partial charge in [-0.3, -0.25) is 4.79 Å². The van der Waals surface area contributed by atoms with Gasteiger partial charge < -0.3 is 10.6 Å². The number of benzene rings is 1. The molecule has 0 aliphatic heterocycles. The number of anilines is 2. The highest BCUT2D eigenvalue weighted by Crippen LogP contribution is 2.24. The molecule has 0 atom stereocenters. The topological polar surface area (TPSA) is 66.9 Å². The van der Waals surface area contributed by atoms with E-state index in [0.717, 1.165) is 0 Å². The van der Waals surface area contributed by atoms with Crippen LogP contribution >= 0.6 is 23.2 Å². The van der Waals surface area contributed by atoms with Gasteiger partial charge in [-0.15, -0.1) is 6.58 Å². The largest absolute Gasteiger partial charge is 0.347 e. The minimum atomic E-state index is -0.294. The fourth-order valence-corrected chi connectivity index (χ4v) is 2.30. The standard InChI is InChI=1S/C15H14Cl2N4O/c1-3-4-18-15(22)13-8-14(20-9(2)19-13)21-12-6-10(16)5-11(17)7-12/h3,5-8H,1,4H2,2H3,(H,18,22)(H,19,20,21). The Hall–Kier alpha value is -2.11. The lowest BCUT2D eigenvalue weighted by Gasteiger charge is -2.09. The van der Waals surface area contributed by atoms with Gasteiger partial charge in [0.15, 0.2) is 0 Å². The van der Waals surface area contributed by atoms with Crippen LogP contribution in [0.4, 0.5) is 11.5 Å². The molecule has 0 unspecified atom stereocenters. The number of nitrogens with one attached hydrogen (secondary N) is 2. The number of aryl methyl sites for hydroxylation is 1. The predicted molar refractivity (Wildman–Crippen MR) is 89.0 cm³/mol. The Balaban J connectivity index is 2.25. The van der Waals surface area contributed by atoms with E-state index in [9.17, 15) is 4.79 Å². The van der Waals surface area contributed by atoms with Crippen LogP contribution in [0.15, 0.2) is 36.9 Å². The van der Waals surface area contributed by atoms with Gasteiger partial charge in [0.05, 0.1) is 0 Å². The summed E-state index contributed by atoms with van der Waals surface area (Å²) >= 11 is 11.9. The van der Waals surface area contributed by atoms with Crippen molar-refractivity contribution in [1.82, 2.24) is 15.3 Å². The van der Waals surface area contributed by atoms with E-state index in [4.69, 9.17) is 23.2 Å². The third kappa shape index (κ3) is 4.44. The van der Waals surface area contributed by atoms with E-state index in [-0.39, 0.29) is 11.6 Å². The number of halogens is 2. The van der Waals surface area contributed by atoms with Crippen molar-refractivity contribution >= 4 is 40.6 Å². The summed E-state index contributed by atoms with van der Waals surface area (Å²) in [5.41, 5.74) is 0.943. The van der Waals surface area contributed by atoms with Crippen molar-refractivity contribution in [2.75, 3.05) is 11.9 Å². The van der Waals surface area contributed by atoms with Crippen LogP contribution in [0.1, 0.15) is 16.3 Å². The molecule has 2 N–H and O–H groups in total. The molecular weight excluding hydrogens is 323 g/mol. The minimum absolute atomic E-state index is 0.268. The molecule has 0 fully saturated rings. The molecule has 7 heteroatoms. The van der Waals surface area contributed by atoms with Crippen LogP contribution in [0.2, 0.25) is 10.0 Å². The maximum absolute atomic E-state index is 11.9. The fourth-order valence-electron chi connectivity index (χ4n) is 1.78. The molecule has 0 radical (unpaired) electrons. The van der Waals surface area contributed by atoms with Gasteiger partial charge in [0.1, 0.15) is 17.3 Å². The van der Waals surface area contributed by atoms with E-state index in [1.165, 1.54) is 0 Å². The molecule has 22 heavy (non-hydrogen) atoms. The Morgan fingerprint density at radius 3 is 2.55 bits per heavy atom. The van der Waals surface area contributed by atoms with Crippen molar-refractivity contribution in [2.24, 2.45) is 0 Å². The third-order valence-electron chi connectivity index (χ3n) is 2.61. The molecule has 1 amide bonds. The van der Waals surface area contributed by atoms with Gasteiger partial charge in [-0.05, 0) is 25.1 Å². The molecule has 0 saturated carbocycles. The second kappa shape index (κ2) is 7.24. The summed E-state index contributed by atoms with van der Waals surface area (Å²) in [6.45, 7) is 5.63. The number of nitrogens with zero attached hydrogens (tertiary/aromatic N) is 2. The molecule has 0 aliphatic carbocycles. The zero-order valence-corrected chi connectivity index (χ0v) is 13.4. The van der Waals surface area contributed by atoms with Gasteiger partial charge in [0.2, 0.25) is 0 Å². The van der Waals surface area contributed by atoms with Gasteiger partial charge in [-0.1, -0.05) is 29.3 Å². The first-order valence-electron chi connectivity index (χ1n) is 6.46. The average Bonchev–Trinajstić information content (AvgIpc) is 2.42. The van der Waals surface area contributed by atoms with Crippen molar-refractivity contribution in [3.05, 3.63) is 58.5 Å². The molecule has 1 aromatic carbocycles. The smallest absolute Gasteiger partial charge is 0.270 e. The van der Waals surface area contributed by atoms with Crippen LogP contribution in [0, 0.1) is 6.92 Å². The van der Waals surface area contributed by atoms with Crippen LogP contribution in [0.3, 0.4) is 0 Å². The van der Waals surface area contributed by atoms with E-state index in [1.807, 2.05) is 0 Å². The Bertz CT molecular complexity index is 698. The molecule has 0 bridgehead atoms. The lowest BCUT2D eigenvalue weighted by Crippen LogP contribution is -2.24. The minimum Gasteiger partial charge on any atom is -0.347 e. The van der Waals surface area contributed by atoms with Crippen LogP contribution in [0.5, 0.6) is 0 Å². The fraction of sp³-hybridized carbons (Fsp3) is 0.133. The molecule has 5 nitrogen and oxygen atoms in total. The Kier molecular flexibility index (Phi) is 5.35. The number of hydrogen-bond donors (Lipinski definition) is 2. The summed E-state index contributed by atoms with van der Waals surface area (Å²) in [5, 5.41) is 6.73. The van der Waals surface area contributed by atoms with Crippen molar-refractivity contribution < 1.29 is 4.79 Å². The van der Waals surface area contributed by atoms with E-state index < -0.39 is 0 Å². The lowest BCUT2D eigenvalue weighted by molar-refractivity contribution is 0.0952. The lowest BCUT2D eigenvalue weighted by atomic mass is 10.3. The second-order valence-corrected chi connectivity index (χ2v) is 5.34. The normalized spacial score (nSPS) is 10.1. The van der Waals surface area contributed by atoms with E-state index in [0.29, 0.717) is 33.9 Å². The first-order chi connectivity index (χ1) is 10.5. The van der Waals surface area contributed by atoms with Crippen LogP contribution in [-0.4, -0.2) is 22.4 Å². The molecule has 2 rings (SSSR count). The molecule has 0 spiro atoms. The molecule has 1 aromatic heterocycles. The number of hydrogen-bond acceptors (Lipinski definition) is 4. The zero-order chi connectivity index (χ0) is 16.1. The number of rotatable bonds is 5. The molecule has 2 aromatic rings. The van der Waals surface area contributed by atoms with Crippen LogP contribution in [-0.2, 0) is 0 Å². The number of amides is 1. The summed E-state index contributed by atoms with van der Waals surface area (Å²) in [6, 6.07) is 6.61. The van der Waals surface area contributed by atoms with Crippen molar-refractivity contribution in [3.63, 3.8) is 0 Å². The second-order valence-electron chi connectivity index (χ2n) is 4.47. The first kappa shape index (κ1) is 16.3. The van der Waals surface area contributed by atoms with Gasteiger partial charge in [0, 0.05) is 28.3 Å². The molecule has 1 heterocycles. The average molecular weight is 337 g/mol. The van der Waals surface area contributed by atoms with Gasteiger partial charge in [0.25, 0.3) is 5.91 Å². The van der Waals surface area contributed by atoms with Crippen LogP contribution in [0.25, 0.3) is 0 Å². The number of aromatic nitrogens is 2. The molecule has 0 aliphatic rings. The highest BCUT2D eigenvalue weighted by atomic mass is 35.5. The zero-order valence-electron chi connectivity index (χ0n) is 11.9. The summed E-state index contributed by atoms with van der Waals surface area (Å²) < 4.78 is 0. The summed E-state index contributed by atoms with van der Waals surface area (Å²) in [4.78, 5) is 20.3. The Labute approximate surface area is 138 Å². The quantitative estimate of drug-likeness (QED) is 0.816. The van der Waals surface area contributed by atoms with Crippen molar-refractivity contribution in [2.45, 2.75) is 6.92 Å². The highest BCUT2D eigenvalue weighted by Gasteiger charge is 2.10. The summed E-state index contributed by atoms with van der Waals surface area (Å²) in [7, 11) is 0. The highest BCUT2D eigenvalue weighted by molar-refractivity contribution is 6.35. The molecule has 114 valence electrons. The molecule has 0 saturated heterocycles. The predicted octanol–water partition coefficient (Wildman–Crippen LogP) is 3.75. The summed E-state index contributed by atoms with van der Waals surface area (Å²) in [6.07, 6.45) is 1.60. The SMILES string of the molecule is C=CCNC(=O)c1cc(Nc2cc(Cl)cc(Cl)c2)nc(C)n1. The number of carbonyl (C=O) groups is 1. The Morgan fingerprint density at radius 1 is 1.23 bits per heavy atom. The van der Waals surface area contributed by atoms with Gasteiger partial charge >= 0.3 is 0 Å². The van der Waals surface area contributed by atoms with E-state index >= 15 is 0 Å². The maximum Gasteiger partial charge on any atom is 0.270 e. The maximum atomic E-state index is 11.9. The summed E-state index contributed by atoms with van der Waals surface area (Å²) in [5.74, 6) is 0.661. The van der Waals surface area contributed by atoms with Gasteiger partial charge in [-0.25, -0.2) is 9.97 Å². The van der Waals surface area contributed by atoms with E-state index in [1.54, 1.807) is 37.3 Å². The van der Waals surface area contributed by atoms with E-state index in [2.05, 4.69) is 27.2 Å². The first-order valence-corrected chi connectivity index (χ1v) is 7.21. The van der Waals surface area contributed by atoms with Crippen molar-refractivity contribution in [1.29, 1.82) is 0 Å².